The number of nitrogens with one attached hydrogen (secondary N) is 1. The van der Waals surface area contributed by atoms with Crippen molar-refractivity contribution in [2.45, 2.75) is 45.1 Å². The van der Waals surface area contributed by atoms with Gasteiger partial charge in [0.2, 0.25) is 5.91 Å². The zero-order valence-corrected chi connectivity index (χ0v) is 12.7. The van der Waals surface area contributed by atoms with Gasteiger partial charge in [0.1, 0.15) is 11.5 Å². The van der Waals surface area contributed by atoms with Crippen LogP contribution in [0.3, 0.4) is 0 Å². The SMILES string of the molecule is Cc1ccc(/C=C/C(=O)[C@H](C#N)C(=O)NC2CCCCC2)o1. The lowest BCUT2D eigenvalue weighted by Gasteiger charge is -2.23. The van der Waals surface area contributed by atoms with E-state index in [-0.39, 0.29) is 6.04 Å². The Labute approximate surface area is 130 Å². The number of rotatable bonds is 5. The highest BCUT2D eigenvalue weighted by Gasteiger charge is 2.27. The van der Waals surface area contributed by atoms with E-state index >= 15 is 0 Å². The van der Waals surface area contributed by atoms with Crippen LogP contribution in [0.2, 0.25) is 0 Å². The smallest absolute Gasteiger partial charge is 0.245 e. The molecule has 1 heterocycles. The molecule has 0 saturated heterocycles. The molecule has 5 nitrogen and oxygen atoms in total. The Kier molecular flexibility index (Phi) is 5.54. The summed E-state index contributed by atoms with van der Waals surface area (Å²) in [6.07, 6.45) is 7.87. The number of allylic oxidation sites excluding steroid dienone is 1. The molecule has 1 aliphatic carbocycles. The van der Waals surface area contributed by atoms with E-state index in [1.807, 2.05) is 0 Å². The lowest BCUT2D eigenvalue weighted by molar-refractivity contribution is -0.130. The molecule has 1 aliphatic rings. The molecule has 0 unspecified atom stereocenters. The standard InChI is InChI=1S/C17H20N2O3/c1-12-7-8-14(22-12)9-10-16(20)15(11-18)17(21)19-13-5-3-2-4-6-13/h7-10,13,15H,2-6H2,1H3,(H,19,21)/b10-9+/t15-/m0/s1. The molecule has 1 atom stereocenters. The number of ketones is 1. The molecule has 0 aliphatic heterocycles. The Bertz CT molecular complexity index is 604. The molecule has 0 radical (unpaired) electrons. The van der Waals surface area contributed by atoms with Crippen LogP contribution in [0.25, 0.3) is 6.08 Å². The molecule has 2 rings (SSSR count). The molecule has 1 N–H and O–H groups in total. The van der Waals surface area contributed by atoms with E-state index in [1.165, 1.54) is 18.6 Å². The Morgan fingerprint density at radius 2 is 2.09 bits per heavy atom. The van der Waals surface area contributed by atoms with Crippen molar-refractivity contribution >= 4 is 17.8 Å². The second kappa shape index (κ2) is 7.60. The maximum absolute atomic E-state index is 12.1. The van der Waals surface area contributed by atoms with Crippen molar-refractivity contribution in [3.8, 4) is 6.07 Å². The molecular weight excluding hydrogens is 280 g/mol. The third-order valence-electron chi connectivity index (χ3n) is 3.80. The van der Waals surface area contributed by atoms with Crippen LogP contribution in [0, 0.1) is 24.2 Å². The maximum atomic E-state index is 12.1. The largest absolute Gasteiger partial charge is 0.462 e. The summed E-state index contributed by atoms with van der Waals surface area (Å²) < 4.78 is 5.31. The molecule has 116 valence electrons. The lowest BCUT2D eigenvalue weighted by atomic mass is 9.94. The minimum Gasteiger partial charge on any atom is -0.462 e. The predicted octanol–water partition coefficient (Wildman–Crippen LogP) is 2.76. The number of carbonyl (C=O) groups excluding carboxylic acids is 2. The van der Waals surface area contributed by atoms with Gasteiger partial charge < -0.3 is 9.73 Å². The van der Waals surface area contributed by atoms with Crippen molar-refractivity contribution < 1.29 is 14.0 Å². The molecule has 1 saturated carbocycles. The molecule has 1 fully saturated rings. The van der Waals surface area contributed by atoms with Crippen LogP contribution < -0.4 is 5.32 Å². The fourth-order valence-corrected chi connectivity index (χ4v) is 2.59. The van der Waals surface area contributed by atoms with Crippen molar-refractivity contribution in [1.82, 2.24) is 5.32 Å². The maximum Gasteiger partial charge on any atom is 0.245 e. The van der Waals surface area contributed by atoms with E-state index in [4.69, 9.17) is 9.68 Å². The number of nitriles is 1. The topological polar surface area (TPSA) is 83.1 Å². The van der Waals surface area contributed by atoms with E-state index < -0.39 is 17.6 Å². The zero-order chi connectivity index (χ0) is 15.9. The van der Waals surface area contributed by atoms with Gasteiger partial charge in [-0.05, 0) is 44.1 Å². The lowest BCUT2D eigenvalue weighted by Crippen LogP contribution is -2.41. The summed E-state index contributed by atoms with van der Waals surface area (Å²) in [5.74, 6) is -1.06. The first kappa shape index (κ1) is 16.0. The van der Waals surface area contributed by atoms with Crippen LogP contribution in [0.5, 0.6) is 0 Å². The third kappa shape index (κ3) is 4.32. The highest BCUT2D eigenvalue weighted by molar-refractivity contribution is 6.10. The van der Waals surface area contributed by atoms with Crippen LogP contribution >= 0.6 is 0 Å². The summed E-state index contributed by atoms with van der Waals surface area (Å²) in [6.45, 7) is 1.80. The Hall–Kier alpha value is -2.35. The molecule has 0 aromatic carbocycles. The van der Waals surface area contributed by atoms with Crippen LogP contribution in [0.4, 0.5) is 0 Å². The van der Waals surface area contributed by atoms with Crippen LogP contribution in [0.15, 0.2) is 22.6 Å². The number of aryl methyl sites for hydroxylation is 1. The molecular formula is C17H20N2O3. The van der Waals surface area contributed by atoms with Crippen molar-refractivity contribution in [2.75, 3.05) is 0 Å². The summed E-state index contributed by atoms with van der Waals surface area (Å²) in [5, 5.41) is 11.9. The quantitative estimate of drug-likeness (QED) is 0.669. The Morgan fingerprint density at radius 1 is 1.36 bits per heavy atom. The summed E-state index contributed by atoms with van der Waals surface area (Å²) in [7, 11) is 0. The number of nitrogens with zero attached hydrogens (tertiary/aromatic N) is 1. The van der Waals surface area contributed by atoms with Gasteiger partial charge in [0, 0.05) is 6.04 Å². The average molecular weight is 300 g/mol. The number of hydrogen-bond donors (Lipinski definition) is 1. The first-order valence-corrected chi connectivity index (χ1v) is 7.58. The van der Waals surface area contributed by atoms with Crippen LogP contribution in [-0.2, 0) is 9.59 Å². The van der Waals surface area contributed by atoms with E-state index in [0.29, 0.717) is 5.76 Å². The van der Waals surface area contributed by atoms with Gasteiger partial charge >= 0.3 is 0 Å². The van der Waals surface area contributed by atoms with Crippen molar-refractivity contribution in [3.63, 3.8) is 0 Å². The minimum absolute atomic E-state index is 0.0848. The second-order valence-electron chi connectivity index (χ2n) is 5.59. The summed E-state index contributed by atoms with van der Waals surface area (Å²) in [5.41, 5.74) is 0. The molecule has 0 bridgehead atoms. The summed E-state index contributed by atoms with van der Waals surface area (Å²) in [4.78, 5) is 24.1. The van der Waals surface area contributed by atoms with E-state index in [2.05, 4.69) is 5.32 Å². The Morgan fingerprint density at radius 3 is 2.68 bits per heavy atom. The molecule has 0 spiro atoms. The first-order chi connectivity index (χ1) is 10.6. The predicted molar refractivity (Wildman–Crippen MR) is 81.6 cm³/mol. The van der Waals surface area contributed by atoms with Gasteiger partial charge in [-0.1, -0.05) is 19.3 Å². The zero-order valence-electron chi connectivity index (χ0n) is 12.7. The summed E-state index contributed by atoms with van der Waals surface area (Å²) in [6, 6.07) is 5.38. The van der Waals surface area contributed by atoms with Gasteiger partial charge in [-0.2, -0.15) is 5.26 Å². The fraction of sp³-hybridized carbons (Fsp3) is 0.471. The van der Waals surface area contributed by atoms with Crippen molar-refractivity contribution in [3.05, 3.63) is 29.7 Å². The molecule has 5 heteroatoms. The number of hydrogen-bond acceptors (Lipinski definition) is 4. The summed E-state index contributed by atoms with van der Waals surface area (Å²) >= 11 is 0. The van der Waals surface area contributed by atoms with Gasteiger partial charge in [0.25, 0.3) is 0 Å². The van der Waals surface area contributed by atoms with E-state index in [0.717, 1.165) is 31.4 Å². The van der Waals surface area contributed by atoms with Crippen molar-refractivity contribution in [2.24, 2.45) is 5.92 Å². The molecule has 1 amide bonds. The molecule has 22 heavy (non-hydrogen) atoms. The van der Waals surface area contributed by atoms with Crippen LogP contribution in [-0.4, -0.2) is 17.7 Å². The number of carbonyl (C=O) groups is 2. The van der Waals surface area contributed by atoms with Gasteiger partial charge in [-0.15, -0.1) is 0 Å². The van der Waals surface area contributed by atoms with Gasteiger partial charge in [-0.3, -0.25) is 9.59 Å². The average Bonchev–Trinajstić information content (AvgIpc) is 2.92. The monoisotopic (exact) mass is 300 g/mol. The van der Waals surface area contributed by atoms with E-state index in [1.54, 1.807) is 25.1 Å². The van der Waals surface area contributed by atoms with Gasteiger partial charge in [0.05, 0.1) is 6.07 Å². The molecule has 1 aromatic rings. The third-order valence-corrected chi connectivity index (χ3v) is 3.80. The van der Waals surface area contributed by atoms with Gasteiger partial charge in [0.15, 0.2) is 11.7 Å². The number of furan rings is 1. The van der Waals surface area contributed by atoms with Crippen LogP contribution in [0.1, 0.15) is 43.6 Å². The van der Waals surface area contributed by atoms with Gasteiger partial charge in [-0.25, -0.2) is 0 Å². The number of amides is 1. The first-order valence-electron chi connectivity index (χ1n) is 7.58. The normalized spacial score (nSPS) is 17.1. The minimum atomic E-state index is -1.30. The van der Waals surface area contributed by atoms with E-state index in [9.17, 15) is 9.59 Å². The fourth-order valence-electron chi connectivity index (χ4n) is 2.59. The van der Waals surface area contributed by atoms with Crippen molar-refractivity contribution in [1.29, 1.82) is 5.26 Å². The Balaban J connectivity index is 1.94. The second-order valence-corrected chi connectivity index (χ2v) is 5.59. The highest BCUT2D eigenvalue weighted by atomic mass is 16.3. The molecule has 1 aromatic heterocycles. The highest BCUT2D eigenvalue weighted by Crippen LogP contribution is 2.18.